The molecule has 0 spiro atoms. The van der Waals surface area contributed by atoms with Crippen LogP contribution in [0.1, 0.15) is 19.5 Å². The Morgan fingerprint density at radius 3 is 3.09 bits per heavy atom. The Labute approximate surface area is 143 Å². The lowest BCUT2D eigenvalue weighted by atomic mass is 9.99. The van der Waals surface area contributed by atoms with Gasteiger partial charge in [-0.1, -0.05) is 23.7 Å². The second-order valence-corrected chi connectivity index (χ2v) is 7.42. The molecule has 1 aromatic carbocycles. The number of nitrogens with zero attached hydrogens (tertiary/aromatic N) is 2. The number of fused-ring (bicyclic) bond motifs is 1. The van der Waals surface area contributed by atoms with Gasteiger partial charge in [-0.05, 0) is 34.1 Å². The van der Waals surface area contributed by atoms with Gasteiger partial charge in [-0.2, -0.15) is 5.10 Å². The lowest BCUT2D eigenvalue weighted by molar-refractivity contribution is 0.0752. The van der Waals surface area contributed by atoms with E-state index in [2.05, 4.69) is 36.1 Å². The van der Waals surface area contributed by atoms with Gasteiger partial charge in [-0.25, -0.2) is 0 Å². The maximum atomic E-state index is 6.32. The fraction of sp³-hybridized carbons (Fsp3) is 0.500. The van der Waals surface area contributed by atoms with Crippen LogP contribution in [0.5, 0.6) is 0 Å². The van der Waals surface area contributed by atoms with Crippen molar-refractivity contribution in [2.24, 2.45) is 7.05 Å². The predicted octanol–water partition coefficient (Wildman–Crippen LogP) is 2.70. The van der Waals surface area contributed by atoms with E-state index in [1.165, 1.54) is 0 Å². The van der Waals surface area contributed by atoms with Crippen molar-refractivity contribution in [3.8, 4) is 0 Å². The van der Waals surface area contributed by atoms with E-state index in [1.807, 2.05) is 23.9 Å². The van der Waals surface area contributed by atoms with Crippen molar-refractivity contribution in [2.75, 3.05) is 19.7 Å². The first-order chi connectivity index (χ1) is 11.0. The summed E-state index contributed by atoms with van der Waals surface area (Å²) in [5.74, 6) is 2.14. The van der Waals surface area contributed by atoms with Gasteiger partial charge < -0.3 is 10.1 Å². The summed E-state index contributed by atoms with van der Waals surface area (Å²) in [5.41, 5.74) is 1.70. The lowest BCUT2D eigenvalue weighted by Gasteiger charge is -2.24. The van der Waals surface area contributed by atoms with Crippen LogP contribution < -0.4 is 10.4 Å². The van der Waals surface area contributed by atoms with Crippen molar-refractivity contribution in [1.82, 2.24) is 20.2 Å². The minimum absolute atomic E-state index is 0.156. The van der Waals surface area contributed by atoms with E-state index in [9.17, 15) is 0 Å². The molecule has 0 aliphatic carbocycles. The summed E-state index contributed by atoms with van der Waals surface area (Å²) < 4.78 is 7.54. The topological polar surface area (TPSA) is 51.1 Å². The molecule has 0 saturated carbocycles. The van der Waals surface area contributed by atoms with Crippen LogP contribution in [0.3, 0.4) is 0 Å². The van der Waals surface area contributed by atoms with Crippen molar-refractivity contribution >= 4 is 36.7 Å². The average molecular weight is 353 g/mol. The van der Waals surface area contributed by atoms with Crippen LogP contribution in [0.2, 0.25) is 5.02 Å². The molecule has 2 aromatic rings. The van der Waals surface area contributed by atoms with Crippen molar-refractivity contribution in [2.45, 2.75) is 25.5 Å². The first kappa shape index (κ1) is 16.9. The predicted molar refractivity (Wildman–Crippen MR) is 97.5 cm³/mol. The molecule has 1 aliphatic rings. The van der Waals surface area contributed by atoms with Crippen LogP contribution in [0.25, 0.3) is 10.9 Å². The molecule has 124 valence electrons. The number of ether oxygens (including phenoxy) is 1. The maximum absolute atomic E-state index is 6.32. The Bertz CT molecular complexity index is 722. The highest BCUT2D eigenvalue weighted by atomic mass is 35.5. The fourth-order valence-electron chi connectivity index (χ4n) is 2.77. The molecule has 0 unspecified atom stereocenters. The first-order valence-electron chi connectivity index (χ1n) is 7.73. The van der Waals surface area contributed by atoms with E-state index < -0.39 is 0 Å². The minimum Gasteiger partial charge on any atom is -0.371 e. The Morgan fingerprint density at radius 1 is 1.52 bits per heavy atom. The lowest BCUT2D eigenvalue weighted by Crippen LogP contribution is -2.39. The van der Waals surface area contributed by atoms with Gasteiger partial charge in [0.15, 0.2) is 0 Å². The molecule has 0 amide bonds. The van der Waals surface area contributed by atoms with Crippen LogP contribution in [0, 0.1) is 0 Å². The van der Waals surface area contributed by atoms with Crippen molar-refractivity contribution in [1.29, 1.82) is 0 Å². The fourth-order valence-corrected chi connectivity index (χ4v) is 3.92. The monoisotopic (exact) mass is 352 g/mol. The molecule has 5 nitrogen and oxygen atoms in total. The number of aromatic nitrogens is 2. The van der Waals surface area contributed by atoms with Crippen LogP contribution in [-0.2, 0) is 17.3 Å². The number of hydrogen-bond acceptors (Lipinski definition) is 4. The summed E-state index contributed by atoms with van der Waals surface area (Å²) in [6.45, 7) is 6.84. The molecule has 1 aromatic heterocycles. The highest BCUT2D eigenvalue weighted by Gasteiger charge is 2.26. The smallest absolute Gasteiger partial charge is 0.0934 e. The number of hydrogen-bond donors (Lipinski definition) is 2. The molecule has 2 heterocycles. The Morgan fingerprint density at radius 2 is 2.35 bits per heavy atom. The van der Waals surface area contributed by atoms with Gasteiger partial charge in [0, 0.05) is 25.5 Å². The normalized spacial score (nSPS) is 19.7. The summed E-state index contributed by atoms with van der Waals surface area (Å²) in [5, 5.41) is 13.4. The molecule has 0 bridgehead atoms. The number of rotatable bonds is 4. The molecular formula is C16H22ClN4OP. The summed E-state index contributed by atoms with van der Waals surface area (Å²) >= 11 is 6.32. The molecule has 3 rings (SSSR count). The van der Waals surface area contributed by atoms with Gasteiger partial charge in [-0.3, -0.25) is 9.77 Å². The standard InChI is InChI=1S/C16H22ClN4OP/c1-16(2,20-23-10-11-9-18-7-8-22-11)15-12-5-4-6-13(17)14(12)21(3)19-15/h4-6,10-11,18,20H,7-9H2,1-3H3/t11-/m0/s1. The molecule has 1 saturated heterocycles. The second kappa shape index (κ2) is 6.88. The van der Waals surface area contributed by atoms with Crippen LogP contribution in [-0.4, -0.2) is 41.4 Å². The SMILES string of the molecule is Cn1nc(C(C)(C)N/P=C\[C@@H]2CNCCO2)c2cccc(Cl)c21. The Balaban J connectivity index is 1.82. The van der Waals surface area contributed by atoms with Gasteiger partial charge >= 0.3 is 0 Å². The molecule has 7 heteroatoms. The highest BCUT2D eigenvalue weighted by Crippen LogP contribution is 2.32. The van der Waals surface area contributed by atoms with E-state index in [0.717, 1.165) is 49.7 Å². The van der Waals surface area contributed by atoms with Crippen molar-refractivity contribution in [3.05, 3.63) is 28.9 Å². The number of nitrogens with one attached hydrogen (secondary N) is 2. The van der Waals surface area contributed by atoms with Gasteiger partial charge in [-0.15, -0.1) is 0 Å². The third-order valence-electron chi connectivity index (χ3n) is 3.95. The van der Waals surface area contributed by atoms with E-state index in [4.69, 9.17) is 21.4 Å². The van der Waals surface area contributed by atoms with E-state index in [-0.39, 0.29) is 11.6 Å². The zero-order chi connectivity index (χ0) is 16.4. The number of halogens is 1. The maximum Gasteiger partial charge on any atom is 0.0934 e. The largest absolute Gasteiger partial charge is 0.371 e. The quantitative estimate of drug-likeness (QED) is 0.831. The highest BCUT2D eigenvalue weighted by molar-refractivity contribution is 7.36. The van der Waals surface area contributed by atoms with Crippen LogP contribution >= 0.6 is 20.0 Å². The van der Waals surface area contributed by atoms with Gasteiger partial charge in [0.2, 0.25) is 0 Å². The molecule has 0 radical (unpaired) electrons. The Hall–Kier alpha value is -0.970. The summed E-state index contributed by atoms with van der Waals surface area (Å²) in [6, 6.07) is 5.94. The number of morpholine rings is 1. The zero-order valence-electron chi connectivity index (χ0n) is 13.6. The summed E-state index contributed by atoms with van der Waals surface area (Å²) in [7, 11) is 2.96. The second-order valence-electron chi connectivity index (χ2n) is 6.24. The third kappa shape index (κ3) is 3.59. The van der Waals surface area contributed by atoms with Crippen LogP contribution in [0.4, 0.5) is 0 Å². The molecule has 1 fully saturated rings. The van der Waals surface area contributed by atoms with E-state index in [1.54, 1.807) is 0 Å². The molecule has 2 N–H and O–H groups in total. The van der Waals surface area contributed by atoms with Gasteiger partial charge in [0.25, 0.3) is 0 Å². The van der Waals surface area contributed by atoms with Crippen LogP contribution in [0.15, 0.2) is 18.2 Å². The zero-order valence-corrected chi connectivity index (χ0v) is 15.3. The minimum atomic E-state index is -0.273. The molecular weight excluding hydrogens is 331 g/mol. The first-order valence-corrected chi connectivity index (χ1v) is 9.07. The average Bonchev–Trinajstić information content (AvgIpc) is 2.87. The number of aryl methyl sites for hydroxylation is 1. The summed E-state index contributed by atoms with van der Waals surface area (Å²) in [4.78, 5) is 0. The van der Waals surface area contributed by atoms with Crippen molar-refractivity contribution in [3.63, 3.8) is 0 Å². The van der Waals surface area contributed by atoms with Crippen molar-refractivity contribution < 1.29 is 4.74 Å². The Kier molecular flexibility index (Phi) is 5.04. The van der Waals surface area contributed by atoms with E-state index in [0.29, 0.717) is 0 Å². The molecule has 1 aliphatic heterocycles. The number of para-hydroxylation sites is 1. The third-order valence-corrected chi connectivity index (χ3v) is 5.42. The number of benzene rings is 1. The van der Waals surface area contributed by atoms with E-state index >= 15 is 0 Å². The molecule has 23 heavy (non-hydrogen) atoms. The summed E-state index contributed by atoms with van der Waals surface area (Å²) in [6.07, 6.45) is 0.156. The molecule has 1 atom stereocenters. The van der Waals surface area contributed by atoms with Gasteiger partial charge in [0.05, 0.1) is 34.5 Å². The van der Waals surface area contributed by atoms with Gasteiger partial charge in [0.1, 0.15) is 0 Å².